The summed E-state index contributed by atoms with van der Waals surface area (Å²) in [4.78, 5) is 7.36. The topological polar surface area (TPSA) is 8.72 Å². The molecule has 1 radical (unpaired) electrons. The average molecular weight is 243 g/mol. The van der Waals surface area contributed by atoms with Crippen LogP contribution in [0.15, 0.2) is 0 Å². The van der Waals surface area contributed by atoms with Crippen LogP contribution in [-0.4, -0.2) is 12.1 Å². The van der Waals surface area contributed by atoms with E-state index >= 15 is 0 Å². The van der Waals surface area contributed by atoms with Gasteiger partial charge in [-0.05, 0) is 43.4 Å². The van der Waals surface area contributed by atoms with E-state index in [1.165, 1.54) is 25.7 Å². The van der Waals surface area contributed by atoms with Gasteiger partial charge in [0.2, 0.25) is 12.1 Å². The van der Waals surface area contributed by atoms with Crippen LogP contribution in [0.5, 0.6) is 0 Å². The minimum atomic E-state index is 0.298. The molecule has 2 aliphatic carbocycles. The van der Waals surface area contributed by atoms with Crippen LogP contribution in [0.1, 0.15) is 58.3 Å². The lowest BCUT2D eigenvalue weighted by molar-refractivity contribution is 0.271. The standard InChI is InChI=1S/C16H23N2/c1-12(13-4-8-15(17-2)9-5-13)14-6-10-16(18-3)11-7-14/h13-16H,4-11H2,1H3. The Hall–Kier alpha value is -1.02. The minimum absolute atomic E-state index is 0.298. The molecular formula is C16H23N2. The Labute approximate surface area is 111 Å². The molecule has 2 saturated carbocycles. The molecule has 2 fully saturated rings. The van der Waals surface area contributed by atoms with Crippen LogP contribution >= 0.6 is 0 Å². The van der Waals surface area contributed by atoms with E-state index in [0.29, 0.717) is 12.1 Å². The van der Waals surface area contributed by atoms with E-state index < -0.39 is 0 Å². The van der Waals surface area contributed by atoms with Gasteiger partial charge in [0.25, 0.3) is 0 Å². The highest BCUT2D eigenvalue weighted by molar-refractivity contribution is 5.04. The van der Waals surface area contributed by atoms with Gasteiger partial charge in [0, 0.05) is 25.7 Å². The van der Waals surface area contributed by atoms with E-state index in [1.54, 1.807) is 5.92 Å². The highest BCUT2D eigenvalue weighted by Crippen LogP contribution is 2.41. The molecule has 0 bridgehead atoms. The third kappa shape index (κ3) is 3.05. The van der Waals surface area contributed by atoms with Gasteiger partial charge in [0.15, 0.2) is 0 Å². The van der Waals surface area contributed by atoms with Crippen molar-refractivity contribution in [2.45, 2.75) is 70.4 Å². The van der Waals surface area contributed by atoms with Crippen molar-refractivity contribution in [3.63, 3.8) is 0 Å². The molecule has 18 heavy (non-hydrogen) atoms. The first-order valence-electron chi connectivity index (χ1n) is 7.31. The van der Waals surface area contributed by atoms with Crippen LogP contribution in [-0.2, 0) is 0 Å². The quantitative estimate of drug-likeness (QED) is 0.630. The largest absolute Gasteiger partial charge is 0.314 e. The summed E-state index contributed by atoms with van der Waals surface area (Å²) < 4.78 is 0. The predicted octanol–water partition coefficient (Wildman–Crippen LogP) is 4.54. The summed E-state index contributed by atoms with van der Waals surface area (Å²) in [5.74, 6) is 3.21. The maximum absolute atomic E-state index is 7.10. The minimum Gasteiger partial charge on any atom is -0.314 e. The molecule has 0 spiro atoms. The first kappa shape index (κ1) is 13.4. The third-order valence-corrected chi connectivity index (χ3v) is 5.05. The van der Waals surface area contributed by atoms with Crippen molar-refractivity contribution in [1.29, 1.82) is 0 Å². The summed E-state index contributed by atoms with van der Waals surface area (Å²) in [6.45, 7) is 16.5. The van der Waals surface area contributed by atoms with Crippen LogP contribution in [0.25, 0.3) is 9.69 Å². The monoisotopic (exact) mass is 243 g/mol. The van der Waals surface area contributed by atoms with Crippen molar-refractivity contribution < 1.29 is 0 Å². The summed E-state index contributed by atoms with van der Waals surface area (Å²) >= 11 is 0. The van der Waals surface area contributed by atoms with E-state index in [0.717, 1.165) is 37.5 Å². The third-order valence-electron chi connectivity index (χ3n) is 5.05. The highest BCUT2D eigenvalue weighted by Gasteiger charge is 2.34. The maximum atomic E-state index is 7.10. The van der Waals surface area contributed by atoms with Gasteiger partial charge in [0.1, 0.15) is 0 Å². The number of nitrogens with zero attached hydrogens (tertiary/aromatic N) is 2. The molecule has 0 aromatic heterocycles. The van der Waals surface area contributed by atoms with E-state index in [4.69, 9.17) is 13.1 Å². The highest BCUT2D eigenvalue weighted by atomic mass is 14.7. The van der Waals surface area contributed by atoms with Crippen LogP contribution in [0.3, 0.4) is 0 Å². The van der Waals surface area contributed by atoms with Crippen molar-refractivity contribution >= 4 is 0 Å². The number of hydrogen-bond acceptors (Lipinski definition) is 0. The molecule has 0 aromatic rings. The predicted molar refractivity (Wildman–Crippen MR) is 73.6 cm³/mol. The molecule has 0 saturated heterocycles. The molecule has 0 N–H and O–H groups in total. The first-order valence-corrected chi connectivity index (χ1v) is 7.31. The molecule has 2 aliphatic rings. The Morgan fingerprint density at radius 2 is 1.06 bits per heavy atom. The van der Waals surface area contributed by atoms with Gasteiger partial charge in [-0.2, -0.15) is 0 Å². The molecule has 0 heterocycles. The fraction of sp³-hybridized carbons (Fsp3) is 0.812. The molecule has 2 rings (SSSR count). The Morgan fingerprint density at radius 3 is 1.33 bits per heavy atom. The molecule has 97 valence electrons. The second-order valence-electron chi connectivity index (χ2n) is 6.01. The van der Waals surface area contributed by atoms with E-state index in [9.17, 15) is 0 Å². The van der Waals surface area contributed by atoms with Gasteiger partial charge < -0.3 is 9.69 Å². The summed E-state index contributed by atoms with van der Waals surface area (Å²) in [6.07, 6.45) is 9.30. The normalized spacial score (nSPS) is 36.9. The Kier molecular flexibility index (Phi) is 4.65. The van der Waals surface area contributed by atoms with Crippen LogP contribution in [0, 0.1) is 30.9 Å². The van der Waals surface area contributed by atoms with Gasteiger partial charge in [-0.3, -0.25) is 0 Å². The summed E-state index contributed by atoms with van der Waals surface area (Å²) in [5, 5.41) is 0. The van der Waals surface area contributed by atoms with Crippen LogP contribution < -0.4 is 0 Å². The molecule has 0 amide bonds. The van der Waals surface area contributed by atoms with Crippen molar-refractivity contribution in [3.8, 4) is 0 Å². The maximum Gasteiger partial charge on any atom is 0.223 e. The van der Waals surface area contributed by atoms with E-state index in [-0.39, 0.29) is 0 Å². The lowest BCUT2D eigenvalue weighted by Crippen LogP contribution is -2.28. The van der Waals surface area contributed by atoms with E-state index in [1.807, 2.05) is 0 Å². The summed E-state index contributed by atoms with van der Waals surface area (Å²) in [6, 6.07) is 0.596. The van der Waals surface area contributed by atoms with Gasteiger partial charge in [-0.1, -0.05) is 6.92 Å². The van der Waals surface area contributed by atoms with Crippen LogP contribution in [0.4, 0.5) is 0 Å². The first-order chi connectivity index (χ1) is 8.74. The zero-order valence-corrected chi connectivity index (χ0v) is 11.4. The molecule has 0 aromatic carbocycles. The van der Waals surface area contributed by atoms with Crippen LogP contribution in [0.2, 0.25) is 0 Å². The van der Waals surface area contributed by atoms with Gasteiger partial charge in [-0.15, -0.1) is 0 Å². The Morgan fingerprint density at radius 1 is 0.722 bits per heavy atom. The van der Waals surface area contributed by atoms with Gasteiger partial charge >= 0.3 is 0 Å². The fourth-order valence-corrected chi connectivity index (χ4v) is 3.65. The molecule has 0 unspecified atom stereocenters. The van der Waals surface area contributed by atoms with Crippen molar-refractivity contribution in [3.05, 3.63) is 28.8 Å². The lowest BCUT2D eigenvalue weighted by atomic mass is 9.69. The van der Waals surface area contributed by atoms with Gasteiger partial charge in [-0.25, -0.2) is 13.1 Å². The van der Waals surface area contributed by atoms with Crippen molar-refractivity contribution in [2.24, 2.45) is 11.8 Å². The Bertz CT molecular complexity index is 299. The molecule has 0 aliphatic heterocycles. The van der Waals surface area contributed by atoms with Crippen molar-refractivity contribution in [2.75, 3.05) is 0 Å². The smallest absolute Gasteiger partial charge is 0.223 e. The molecule has 0 atom stereocenters. The second kappa shape index (κ2) is 6.24. The number of rotatable bonds is 2. The van der Waals surface area contributed by atoms with E-state index in [2.05, 4.69) is 16.6 Å². The Balaban J connectivity index is 1.80. The molecule has 2 nitrogen and oxygen atoms in total. The molecule has 2 heteroatoms. The zero-order chi connectivity index (χ0) is 13.0. The number of hydrogen-bond donors (Lipinski definition) is 0. The SMILES string of the molecule is [C-]#[N+]C1CCC([C](C)C2CCC([N+]#[C-])CC2)CC1. The molecular weight excluding hydrogens is 220 g/mol. The summed E-state index contributed by atoms with van der Waals surface area (Å²) in [5.41, 5.74) is 0. The lowest BCUT2D eigenvalue weighted by Gasteiger charge is -2.35. The second-order valence-corrected chi connectivity index (χ2v) is 6.01. The van der Waals surface area contributed by atoms with Gasteiger partial charge in [0.05, 0.1) is 0 Å². The fourth-order valence-electron chi connectivity index (χ4n) is 3.65. The summed E-state index contributed by atoms with van der Waals surface area (Å²) in [7, 11) is 0. The van der Waals surface area contributed by atoms with Crippen molar-refractivity contribution in [1.82, 2.24) is 0 Å². The zero-order valence-electron chi connectivity index (χ0n) is 11.4. The average Bonchev–Trinajstić information content (AvgIpc) is 2.47.